The van der Waals surface area contributed by atoms with E-state index in [-0.39, 0.29) is 5.60 Å². The predicted molar refractivity (Wildman–Crippen MR) is 88.9 cm³/mol. The molecule has 0 bridgehead atoms. The van der Waals surface area contributed by atoms with Crippen molar-refractivity contribution >= 4 is 11.5 Å². The molecule has 1 aliphatic rings. The Hall–Kier alpha value is -1.45. The number of hydrogen-bond donors (Lipinski definition) is 1. The largest absolute Gasteiger partial charge is 0.470 e. The van der Waals surface area contributed by atoms with Crippen molar-refractivity contribution in [3.63, 3.8) is 0 Å². The summed E-state index contributed by atoms with van der Waals surface area (Å²) >= 11 is 0. The van der Waals surface area contributed by atoms with Crippen LogP contribution in [-0.2, 0) is 0 Å². The second-order valence-corrected chi connectivity index (χ2v) is 7.30. The number of hydrogen-bond acceptors (Lipinski definition) is 4. The van der Waals surface area contributed by atoms with Crippen molar-refractivity contribution in [1.29, 1.82) is 0 Å². The lowest BCUT2D eigenvalue weighted by Crippen LogP contribution is -2.35. The molecule has 1 saturated carbocycles. The Morgan fingerprint density at radius 1 is 1.19 bits per heavy atom. The normalized spacial score (nSPS) is 22.9. The van der Waals surface area contributed by atoms with Gasteiger partial charge < -0.3 is 15.4 Å². The third kappa shape index (κ3) is 4.26. The molecule has 118 valence electrons. The third-order valence-electron chi connectivity index (χ3n) is 4.17. The number of aromatic nitrogens is 1. The molecule has 2 N–H and O–H groups in total. The standard InChI is InChI=1S/C17H29N3O/c1-12-6-8-13(9-7-12)20(5)15-11-10-14(18)16(19-15)21-17(2,3)4/h10-13H,6-9,18H2,1-5H3. The predicted octanol–water partition coefficient (Wildman–Crippen LogP) is 3.86. The molecule has 0 aromatic carbocycles. The van der Waals surface area contributed by atoms with Crippen LogP contribution in [0.5, 0.6) is 5.88 Å². The van der Waals surface area contributed by atoms with E-state index in [4.69, 9.17) is 10.5 Å². The van der Waals surface area contributed by atoms with Gasteiger partial charge in [-0.25, -0.2) is 0 Å². The SMILES string of the molecule is CC1CCC(N(C)c2ccc(N)c(OC(C)(C)C)n2)CC1. The Kier molecular flexibility index (Phi) is 4.64. The van der Waals surface area contributed by atoms with E-state index in [1.165, 1.54) is 25.7 Å². The van der Waals surface area contributed by atoms with Gasteiger partial charge in [-0.2, -0.15) is 4.98 Å². The molecular formula is C17H29N3O. The number of nitrogens with two attached hydrogens (primary N) is 1. The van der Waals surface area contributed by atoms with E-state index in [1.807, 2.05) is 32.9 Å². The molecule has 4 nitrogen and oxygen atoms in total. The zero-order valence-corrected chi connectivity index (χ0v) is 14.0. The van der Waals surface area contributed by atoms with E-state index in [0.29, 0.717) is 17.6 Å². The number of pyridine rings is 1. The van der Waals surface area contributed by atoms with Crippen molar-refractivity contribution in [2.24, 2.45) is 5.92 Å². The molecule has 0 atom stereocenters. The highest BCUT2D eigenvalue weighted by Gasteiger charge is 2.23. The fraction of sp³-hybridized carbons (Fsp3) is 0.706. The highest BCUT2D eigenvalue weighted by atomic mass is 16.5. The summed E-state index contributed by atoms with van der Waals surface area (Å²) in [5.41, 5.74) is 6.29. The van der Waals surface area contributed by atoms with Crippen molar-refractivity contribution in [3.8, 4) is 5.88 Å². The first kappa shape index (κ1) is 15.9. The van der Waals surface area contributed by atoms with Gasteiger partial charge in [-0.3, -0.25) is 0 Å². The molecule has 0 aliphatic heterocycles. The molecule has 0 saturated heterocycles. The fourth-order valence-corrected chi connectivity index (χ4v) is 2.83. The summed E-state index contributed by atoms with van der Waals surface area (Å²) in [4.78, 5) is 6.91. The van der Waals surface area contributed by atoms with Crippen LogP contribution in [-0.4, -0.2) is 23.7 Å². The van der Waals surface area contributed by atoms with Crippen LogP contribution in [0.1, 0.15) is 53.4 Å². The lowest BCUT2D eigenvalue weighted by atomic mass is 9.87. The van der Waals surface area contributed by atoms with Gasteiger partial charge in [0.15, 0.2) is 0 Å². The molecule has 1 heterocycles. The number of rotatable bonds is 3. The lowest BCUT2D eigenvalue weighted by molar-refractivity contribution is 0.125. The first-order chi connectivity index (χ1) is 9.76. The number of ether oxygens (including phenoxy) is 1. The molecule has 21 heavy (non-hydrogen) atoms. The van der Waals surface area contributed by atoms with Crippen LogP contribution in [0.3, 0.4) is 0 Å². The molecule has 1 aromatic heterocycles. The minimum absolute atomic E-state index is 0.293. The van der Waals surface area contributed by atoms with Crippen molar-refractivity contribution in [3.05, 3.63) is 12.1 Å². The van der Waals surface area contributed by atoms with Crippen LogP contribution in [0.2, 0.25) is 0 Å². The number of nitrogens with zero attached hydrogens (tertiary/aromatic N) is 2. The highest BCUT2D eigenvalue weighted by Crippen LogP contribution is 2.31. The van der Waals surface area contributed by atoms with E-state index in [1.54, 1.807) is 0 Å². The Morgan fingerprint density at radius 3 is 2.38 bits per heavy atom. The lowest BCUT2D eigenvalue weighted by Gasteiger charge is -2.34. The van der Waals surface area contributed by atoms with Crippen molar-refractivity contribution in [2.45, 2.75) is 65.0 Å². The van der Waals surface area contributed by atoms with Gasteiger partial charge in [0.25, 0.3) is 0 Å². The van der Waals surface area contributed by atoms with Crippen LogP contribution in [0, 0.1) is 5.92 Å². The van der Waals surface area contributed by atoms with Crippen LogP contribution in [0.4, 0.5) is 11.5 Å². The van der Waals surface area contributed by atoms with Gasteiger partial charge in [-0.05, 0) is 64.5 Å². The summed E-state index contributed by atoms with van der Waals surface area (Å²) in [6, 6.07) is 4.45. The van der Waals surface area contributed by atoms with E-state index in [0.717, 1.165) is 11.7 Å². The molecule has 0 spiro atoms. The summed E-state index contributed by atoms with van der Waals surface area (Å²) in [6.07, 6.45) is 5.07. The quantitative estimate of drug-likeness (QED) is 0.919. The molecule has 1 aromatic rings. The maximum atomic E-state index is 5.99. The summed E-state index contributed by atoms with van der Waals surface area (Å²) in [5.74, 6) is 2.34. The van der Waals surface area contributed by atoms with Crippen LogP contribution in [0.25, 0.3) is 0 Å². The Morgan fingerprint density at radius 2 is 1.81 bits per heavy atom. The van der Waals surface area contributed by atoms with Crippen molar-refractivity contribution < 1.29 is 4.74 Å². The summed E-state index contributed by atoms with van der Waals surface area (Å²) in [6.45, 7) is 8.36. The highest BCUT2D eigenvalue weighted by molar-refractivity contribution is 5.54. The second-order valence-electron chi connectivity index (χ2n) is 7.30. The number of nitrogen functional groups attached to an aromatic ring is 1. The molecule has 0 unspecified atom stereocenters. The van der Waals surface area contributed by atoms with Gasteiger partial charge in [0, 0.05) is 13.1 Å². The fourth-order valence-electron chi connectivity index (χ4n) is 2.83. The molecule has 4 heteroatoms. The maximum Gasteiger partial charge on any atom is 0.239 e. The monoisotopic (exact) mass is 291 g/mol. The Labute approximate surface area is 128 Å². The zero-order chi connectivity index (χ0) is 15.6. The van der Waals surface area contributed by atoms with E-state index >= 15 is 0 Å². The average Bonchev–Trinajstić information content (AvgIpc) is 2.40. The molecule has 1 fully saturated rings. The van der Waals surface area contributed by atoms with Gasteiger partial charge >= 0.3 is 0 Å². The average molecular weight is 291 g/mol. The van der Waals surface area contributed by atoms with Gasteiger partial charge in [0.1, 0.15) is 11.4 Å². The first-order valence-electron chi connectivity index (χ1n) is 7.94. The Balaban J connectivity index is 2.14. The summed E-state index contributed by atoms with van der Waals surface area (Å²) in [5, 5.41) is 0. The van der Waals surface area contributed by atoms with Gasteiger partial charge in [-0.1, -0.05) is 6.92 Å². The Bertz CT molecular complexity index is 473. The van der Waals surface area contributed by atoms with Gasteiger partial charge in [0.2, 0.25) is 5.88 Å². The molecule has 2 rings (SSSR count). The van der Waals surface area contributed by atoms with E-state index < -0.39 is 0 Å². The van der Waals surface area contributed by atoms with Crippen molar-refractivity contribution in [2.75, 3.05) is 17.7 Å². The second kappa shape index (κ2) is 6.12. The van der Waals surface area contributed by atoms with E-state index in [2.05, 4.69) is 23.9 Å². The van der Waals surface area contributed by atoms with Crippen LogP contribution in [0.15, 0.2) is 12.1 Å². The maximum absolute atomic E-state index is 5.99. The topological polar surface area (TPSA) is 51.4 Å². The van der Waals surface area contributed by atoms with Gasteiger partial charge in [0.05, 0.1) is 5.69 Å². The van der Waals surface area contributed by atoms with E-state index in [9.17, 15) is 0 Å². The molecule has 0 radical (unpaired) electrons. The summed E-state index contributed by atoms with van der Waals surface area (Å²) < 4.78 is 5.86. The molecule has 1 aliphatic carbocycles. The molecular weight excluding hydrogens is 262 g/mol. The first-order valence-corrected chi connectivity index (χ1v) is 7.94. The van der Waals surface area contributed by atoms with Gasteiger partial charge in [-0.15, -0.1) is 0 Å². The molecule has 0 amide bonds. The smallest absolute Gasteiger partial charge is 0.239 e. The minimum atomic E-state index is -0.293. The zero-order valence-electron chi connectivity index (χ0n) is 14.0. The number of anilines is 2. The summed E-state index contributed by atoms with van der Waals surface area (Å²) in [7, 11) is 2.13. The van der Waals surface area contributed by atoms with Crippen LogP contribution < -0.4 is 15.4 Å². The van der Waals surface area contributed by atoms with Crippen LogP contribution >= 0.6 is 0 Å². The third-order valence-corrected chi connectivity index (χ3v) is 4.17. The minimum Gasteiger partial charge on any atom is -0.470 e. The van der Waals surface area contributed by atoms with Crippen molar-refractivity contribution in [1.82, 2.24) is 4.98 Å².